The SMILES string of the molecule is CC(C)C(=O)Nc1nc2c(ncn2[C@@H]2O[C@H](COP(=O)(OCCC#N)OC3COCC3F)[C@H]3OC(C)(C)O[C@H]32)c(=O)[nH]1. The average Bonchev–Trinajstić information content (AvgIpc) is 3.67. The van der Waals surface area contributed by atoms with Crippen LogP contribution < -0.4 is 10.9 Å². The number of carbonyl (C=O) groups is 1. The first-order chi connectivity index (χ1) is 19.9. The van der Waals surface area contributed by atoms with E-state index in [1.165, 1.54) is 10.9 Å². The van der Waals surface area contributed by atoms with E-state index in [1.807, 2.05) is 6.07 Å². The van der Waals surface area contributed by atoms with Crippen molar-refractivity contribution in [1.29, 1.82) is 5.26 Å². The fourth-order valence-electron chi connectivity index (χ4n) is 4.69. The maximum atomic E-state index is 14.2. The van der Waals surface area contributed by atoms with Gasteiger partial charge in [-0.3, -0.25) is 38.0 Å². The monoisotopic (exact) mass is 614 g/mol. The summed E-state index contributed by atoms with van der Waals surface area (Å²) >= 11 is 0. The third-order valence-corrected chi connectivity index (χ3v) is 8.18. The van der Waals surface area contributed by atoms with Crippen LogP contribution >= 0.6 is 7.82 Å². The predicted molar refractivity (Wildman–Crippen MR) is 140 cm³/mol. The number of anilines is 1. The van der Waals surface area contributed by atoms with Gasteiger partial charge in [0.05, 0.1) is 45.2 Å². The molecule has 3 aliphatic rings. The minimum Gasteiger partial charge on any atom is -0.375 e. The Bertz CT molecular complexity index is 1460. The smallest absolute Gasteiger partial charge is 0.375 e. The second-order valence-electron chi connectivity index (χ2n) is 10.7. The Kier molecular flexibility index (Phi) is 8.80. The van der Waals surface area contributed by atoms with Gasteiger partial charge in [-0.2, -0.15) is 10.2 Å². The van der Waals surface area contributed by atoms with E-state index in [0.717, 1.165) is 0 Å². The molecule has 3 aliphatic heterocycles. The molecule has 0 radical (unpaired) electrons. The molecule has 0 bridgehead atoms. The van der Waals surface area contributed by atoms with Crippen LogP contribution in [0, 0.1) is 17.2 Å². The van der Waals surface area contributed by atoms with E-state index in [4.69, 9.17) is 37.8 Å². The molecule has 3 unspecified atom stereocenters. The molecule has 42 heavy (non-hydrogen) atoms. The summed E-state index contributed by atoms with van der Waals surface area (Å²) in [4.78, 5) is 35.9. The Morgan fingerprint density at radius 3 is 2.79 bits per heavy atom. The molecule has 16 nitrogen and oxygen atoms in total. The summed E-state index contributed by atoms with van der Waals surface area (Å²) in [6.45, 7) is 5.76. The van der Waals surface area contributed by atoms with Crippen LogP contribution in [0.1, 0.15) is 40.3 Å². The molecular formula is C24H32FN6O10P. The Labute approximate surface area is 239 Å². The lowest BCUT2D eigenvalue weighted by Crippen LogP contribution is -2.33. The summed E-state index contributed by atoms with van der Waals surface area (Å²) in [7, 11) is -4.38. The number of rotatable bonds is 11. The number of nitrogens with one attached hydrogen (secondary N) is 2. The standard InChI is InChI=1S/C24H32FN6O10P/c1-12(2)20(32)29-23-28-19-16(21(33)30-23)27-11-31(19)22-18-17(39-24(3,4)40-18)15(38-22)10-37-42(34,36-7-5-6-26)41-14-9-35-8-13(14)25/h11-15,17-18,22H,5,7-10H2,1-4H3,(H2,28,29,30,32,33)/t13?,14?,15-,17-,18-,22-,42?/m1/s1. The number of halogens is 1. The van der Waals surface area contributed by atoms with E-state index in [-0.39, 0.29) is 61.8 Å². The number of nitriles is 1. The Balaban J connectivity index is 1.39. The van der Waals surface area contributed by atoms with Crippen molar-refractivity contribution in [3.05, 3.63) is 16.7 Å². The summed E-state index contributed by atoms with van der Waals surface area (Å²) in [5.41, 5.74) is -0.467. The summed E-state index contributed by atoms with van der Waals surface area (Å²) in [5.74, 6) is -1.82. The molecule has 0 saturated carbocycles. The van der Waals surface area contributed by atoms with Crippen LogP contribution in [0.3, 0.4) is 0 Å². The van der Waals surface area contributed by atoms with Crippen molar-refractivity contribution < 1.29 is 46.3 Å². The molecule has 2 aromatic heterocycles. The number of ether oxygens (including phenoxy) is 4. The lowest BCUT2D eigenvalue weighted by Gasteiger charge is -2.26. The average molecular weight is 615 g/mol. The van der Waals surface area contributed by atoms with Crippen molar-refractivity contribution in [3.8, 4) is 6.07 Å². The molecule has 5 heterocycles. The van der Waals surface area contributed by atoms with Crippen LogP contribution in [-0.2, 0) is 41.9 Å². The van der Waals surface area contributed by atoms with Gasteiger partial charge in [-0.1, -0.05) is 13.8 Å². The van der Waals surface area contributed by atoms with E-state index in [0.29, 0.717) is 0 Å². The van der Waals surface area contributed by atoms with Crippen molar-refractivity contribution in [3.63, 3.8) is 0 Å². The summed E-state index contributed by atoms with van der Waals surface area (Å²) in [6.07, 6.45) is -4.81. The minimum atomic E-state index is -4.38. The fourth-order valence-corrected chi connectivity index (χ4v) is 6.05. The van der Waals surface area contributed by atoms with E-state index in [2.05, 4.69) is 20.3 Å². The number of phosphoric acid groups is 1. The summed E-state index contributed by atoms with van der Waals surface area (Å²) < 4.78 is 68.7. The Morgan fingerprint density at radius 2 is 2.10 bits per heavy atom. The largest absolute Gasteiger partial charge is 0.475 e. The molecule has 2 aromatic rings. The minimum absolute atomic E-state index is 0.000996. The number of nitrogens with zero attached hydrogens (tertiary/aromatic N) is 4. The van der Waals surface area contributed by atoms with Crippen LogP contribution in [0.2, 0.25) is 0 Å². The maximum absolute atomic E-state index is 14.2. The topological polar surface area (TPSA) is 198 Å². The second kappa shape index (κ2) is 12.1. The van der Waals surface area contributed by atoms with Gasteiger partial charge in [0.1, 0.15) is 24.4 Å². The second-order valence-corrected chi connectivity index (χ2v) is 12.3. The molecule has 0 spiro atoms. The van der Waals surface area contributed by atoms with Gasteiger partial charge < -0.3 is 18.9 Å². The molecule has 7 atom stereocenters. The Morgan fingerprint density at radius 1 is 1.33 bits per heavy atom. The molecule has 1 amide bonds. The lowest BCUT2D eigenvalue weighted by molar-refractivity contribution is -0.199. The zero-order chi connectivity index (χ0) is 30.2. The molecular weight excluding hydrogens is 582 g/mol. The first kappa shape index (κ1) is 30.6. The van der Waals surface area contributed by atoms with Crippen molar-refractivity contribution in [2.75, 3.05) is 31.7 Å². The number of imidazole rings is 1. The molecule has 3 saturated heterocycles. The van der Waals surface area contributed by atoms with E-state index in [1.54, 1.807) is 27.7 Å². The molecule has 230 valence electrons. The van der Waals surface area contributed by atoms with Gasteiger partial charge in [-0.05, 0) is 13.8 Å². The number of fused-ring (bicyclic) bond motifs is 2. The van der Waals surface area contributed by atoms with Crippen LogP contribution in [0.4, 0.5) is 10.3 Å². The zero-order valence-corrected chi connectivity index (χ0v) is 24.2. The summed E-state index contributed by atoms with van der Waals surface area (Å²) in [5, 5.41) is 11.4. The first-order valence-corrected chi connectivity index (χ1v) is 14.8. The van der Waals surface area contributed by atoms with E-state index < -0.39 is 56.0 Å². The Hall–Kier alpha value is -2.81. The number of aromatic nitrogens is 4. The number of hydrogen-bond donors (Lipinski definition) is 2. The molecule has 18 heteroatoms. The summed E-state index contributed by atoms with van der Waals surface area (Å²) in [6, 6.07) is 1.86. The van der Waals surface area contributed by atoms with Crippen LogP contribution in [0.15, 0.2) is 11.1 Å². The van der Waals surface area contributed by atoms with Crippen LogP contribution in [0.25, 0.3) is 11.2 Å². The van der Waals surface area contributed by atoms with Gasteiger partial charge in [0.25, 0.3) is 5.56 Å². The maximum Gasteiger partial charge on any atom is 0.475 e. The number of hydrogen-bond acceptors (Lipinski definition) is 13. The number of aromatic amines is 1. The number of H-pyrrole nitrogens is 1. The molecule has 2 N–H and O–H groups in total. The molecule has 5 rings (SSSR count). The van der Waals surface area contributed by atoms with Crippen molar-refractivity contribution in [1.82, 2.24) is 19.5 Å². The third-order valence-electron chi connectivity index (χ3n) is 6.69. The number of amides is 1. The quantitative estimate of drug-likeness (QED) is 0.275. The van der Waals surface area contributed by atoms with Crippen molar-refractivity contribution >= 4 is 30.8 Å². The van der Waals surface area contributed by atoms with E-state index in [9.17, 15) is 18.5 Å². The molecule has 3 fully saturated rings. The number of phosphoric ester groups is 1. The van der Waals surface area contributed by atoms with Gasteiger partial charge in [-0.25, -0.2) is 13.9 Å². The van der Waals surface area contributed by atoms with Gasteiger partial charge in [-0.15, -0.1) is 0 Å². The van der Waals surface area contributed by atoms with Crippen LogP contribution in [0.5, 0.6) is 0 Å². The first-order valence-electron chi connectivity index (χ1n) is 13.3. The molecule has 0 aromatic carbocycles. The third kappa shape index (κ3) is 6.41. The lowest BCUT2D eigenvalue weighted by atomic mass is 10.1. The highest BCUT2D eigenvalue weighted by Gasteiger charge is 2.57. The number of alkyl halides is 1. The zero-order valence-electron chi connectivity index (χ0n) is 23.4. The van der Waals surface area contributed by atoms with Crippen LogP contribution in [-0.4, -0.2) is 88.2 Å². The van der Waals surface area contributed by atoms with Gasteiger partial charge in [0.2, 0.25) is 11.9 Å². The van der Waals surface area contributed by atoms with Gasteiger partial charge in [0, 0.05) is 5.92 Å². The van der Waals surface area contributed by atoms with Crippen molar-refractivity contribution in [2.45, 2.75) is 76.7 Å². The molecule has 0 aliphatic carbocycles. The predicted octanol–water partition coefficient (Wildman–Crippen LogP) is 1.94. The van der Waals surface area contributed by atoms with Gasteiger partial charge >= 0.3 is 7.82 Å². The highest BCUT2D eigenvalue weighted by Crippen LogP contribution is 2.53. The normalized spacial score (nSPS) is 29.9. The highest BCUT2D eigenvalue weighted by molar-refractivity contribution is 7.48. The highest BCUT2D eigenvalue weighted by atomic mass is 31.2. The number of carbonyl (C=O) groups excluding carboxylic acids is 1. The van der Waals surface area contributed by atoms with Crippen molar-refractivity contribution in [2.24, 2.45) is 5.92 Å². The van der Waals surface area contributed by atoms with E-state index >= 15 is 0 Å². The van der Waals surface area contributed by atoms with Gasteiger partial charge in [0.15, 0.2) is 29.4 Å². The fraction of sp³-hybridized carbons (Fsp3) is 0.708.